The fourth-order valence-corrected chi connectivity index (χ4v) is 3.96. The maximum absolute atomic E-state index is 13.2. The van der Waals surface area contributed by atoms with Gasteiger partial charge in [0.15, 0.2) is 0 Å². The Kier molecular flexibility index (Phi) is 6.66. The number of carbonyl (C=O) groups excluding carboxylic acids is 2. The Hall–Kier alpha value is -2.29. The summed E-state index contributed by atoms with van der Waals surface area (Å²) >= 11 is 0. The second-order valence-corrected chi connectivity index (χ2v) is 7.61. The molecule has 3 rings (SSSR count). The summed E-state index contributed by atoms with van der Waals surface area (Å²) in [7, 11) is 0. The minimum Gasteiger partial charge on any atom is -0.376 e. The van der Waals surface area contributed by atoms with Gasteiger partial charge in [0, 0.05) is 13.2 Å². The fraction of sp³-hybridized carbons (Fsp3) is 0.600. The number of hydrogen-bond acceptors (Lipinski definition) is 3. The molecule has 3 amide bonds. The first kappa shape index (κ1) is 21.4. The zero-order valence-corrected chi connectivity index (χ0v) is 16.1. The Bertz CT molecular complexity index is 727. The summed E-state index contributed by atoms with van der Waals surface area (Å²) in [6.07, 6.45) is 0.538. The highest BCUT2D eigenvalue weighted by molar-refractivity contribution is 5.96. The molecule has 1 heterocycles. The molecule has 1 aliphatic carbocycles. The van der Waals surface area contributed by atoms with Gasteiger partial charge >= 0.3 is 12.2 Å². The zero-order chi connectivity index (χ0) is 20.9. The topological polar surface area (TPSA) is 79.5 Å². The standard InChI is InChI=1S/C20H26F3N3O3/c21-20(22,23)15-8-2-3-9-16(15)25-18(28)26-19(10-4-1-5-11-19)17(27)24-13-14-7-6-12-29-14/h2-3,8-9,14H,1,4-7,10-13H2,(H,24,27)(H2,25,26,28)/t14-/m0/s1. The molecule has 0 aromatic heterocycles. The molecule has 1 saturated heterocycles. The van der Waals surface area contributed by atoms with Crippen LogP contribution in [0.4, 0.5) is 23.7 Å². The van der Waals surface area contributed by atoms with Gasteiger partial charge in [-0.15, -0.1) is 0 Å². The van der Waals surface area contributed by atoms with Gasteiger partial charge in [0.05, 0.1) is 17.4 Å². The maximum atomic E-state index is 13.2. The number of halogens is 3. The second kappa shape index (κ2) is 9.02. The number of hydrogen-bond donors (Lipinski definition) is 3. The molecule has 9 heteroatoms. The lowest BCUT2D eigenvalue weighted by molar-refractivity contribution is -0.137. The molecule has 0 unspecified atom stereocenters. The summed E-state index contributed by atoms with van der Waals surface area (Å²) in [4.78, 5) is 25.4. The van der Waals surface area contributed by atoms with Crippen molar-refractivity contribution in [1.29, 1.82) is 0 Å². The van der Waals surface area contributed by atoms with Crippen molar-refractivity contribution in [2.45, 2.75) is 62.8 Å². The number of nitrogens with one attached hydrogen (secondary N) is 3. The van der Waals surface area contributed by atoms with Crippen molar-refractivity contribution in [3.05, 3.63) is 29.8 Å². The number of alkyl halides is 3. The highest BCUT2D eigenvalue weighted by Gasteiger charge is 2.41. The minimum atomic E-state index is -4.59. The molecular weight excluding hydrogens is 387 g/mol. The SMILES string of the molecule is O=C(Nc1ccccc1C(F)(F)F)NC1(C(=O)NC[C@@H]2CCCO2)CCCCC1. The van der Waals surface area contributed by atoms with Gasteiger partial charge in [-0.25, -0.2) is 4.79 Å². The van der Waals surface area contributed by atoms with Crippen LogP contribution < -0.4 is 16.0 Å². The Balaban J connectivity index is 1.68. The first-order valence-corrected chi connectivity index (χ1v) is 9.95. The number of amides is 3. The Morgan fingerprint density at radius 1 is 1.10 bits per heavy atom. The van der Waals surface area contributed by atoms with Crippen molar-refractivity contribution in [3.8, 4) is 0 Å². The van der Waals surface area contributed by atoms with Gasteiger partial charge in [-0.05, 0) is 37.8 Å². The molecule has 1 saturated carbocycles. The van der Waals surface area contributed by atoms with Crippen LogP contribution in [0.5, 0.6) is 0 Å². The molecular formula is C20H26F3N3O3. The highest BCUT2D eigenvalue weighted by Crippen LogP contribution is 2.35. The third-order valence-electron chi connectivity index (χ3n) is 5.49. The first-order valence-electron chi connectivity index (χ1n) is 9.95. The van der Waals surface area contributed by atoms with Gasteiger partial charge in [-0.2, -0.15) is 13.2 Å². The monoisotopic (exact) mass is 413 g/mol. The van der Waals surface area contributed by atoms with E-state index >= 15 is 0 Å². The second-order valence-electron chi connectivity index (χ2n) is 7.61. The van der Waals surface area contributed by atoms with Crippen LogP contribution in [0.1, 0.15) is 50.5 Å². The molecule has 0 spiro atoms. The van der Waals surface area contributed by atoms with Crippen molar-refractivity contribution in [2.75, 3.05) is 18.5 Å². The number of benzene rings is 1. The van der Waals surface area contributed by atoms with Crippen LogP contribution in [-0.4, -0.2) is 36.7 Å². The van der Waals surface area contributed by atoms with Crippen LogP contribution in [0.25, 0.3) is 0 Å². The molecule has 160 valence electrons. The Morgan fingerprint density at radius 3 is 2.48 bits per heavy atom. The molecule has 29 heavy (non-hydrogen) atoms. The molecule has 3 N–H and O–H groups in total. The van der Waals surface area contributed by atoms with Gasteiger partial charge in [-0.1, -0.05) is 31.4 Å². The number of rotatable bonds is 5. The third kappa shape index (κ3) is 5.41. The van der Waals surface area contributed by atoms with E-state index in [1.165, 1.54) is 18.2 Å². The number of para-hydroxylation sites is 1. The molecule has 0 radical (unpaired) electrons. The lowest BCUT2D eigenvalue weighted by Crippen LogP contribution is -2.61. The molecule has 1 atom stereocenters. The number of ether oxygens (including phenoxy) is 1. The van der Waals surface area contributed by atoms with Gasteiger partial charge in [-0.3, -0.25) is 4.79 Å². The van der Waals surface area contributed by atoms with Crippen molar-refractivity contribution in [2.24, 2.45) is 0 Å². The van der Waals surface area contributed by atoms with E-state index < -0.39 is 23.3 Å². The fourth-order valence-electron chi connectivity index (χ4n) is 3.96. The average Bonchev–Trinajstić information content (AvgIpc) is 3.20. The summed E-state index contributed by atoms with van der Waals surface area (Å²) in [5.74, 6) is -0.313. The maximum Gasteiger partial charge on any atom is 0.418 e. The Morgan fingerprint density at radius 2 is 1.83 bits per heavy atom. The zero-order valence-electron chi connectivity index (χ0n) is 16.1. The van der Waals surface area contributed by atoms with E-state index in [0.29, 0.717) is 26.0 Å². The Labute approximate surface area is 167 Å². The molecule has 1 aliphatic heterocycles. The molecule has 0 bridgehead atoms. The van der Waals surface area contributed by atoms with E-state index in [2.05, 4.69) is 16.0 Å². The van der Waals surface area contributed by atoms with E-state index in [-0.39, 0.29) is 17.7 Å². The van der Waals surface area contributed by atoms with Crippen LogP contribution in [-0.2, 0) is 15.7 Å². The molecule has 6 nitrogen and oxygen atoms in total. The minimum absolute atomic E-state index is 0.0351. The van der Waals surface area contributed by atoms with Gasteiger partial charge < -0.3 is 20.7 Å². The summed E-state index contributed by atoms with van der Waals surface area (Å²) in [6, 6.07) is 3.94. The van der Waals surface area contributed by atoms with Crippen molar-refractivity contribution in [3.63, 3.8) is 0 Å². The van der Waals surface area contributed by atoms with E-state index in [0.717, 1.165) is 38.2 Å². The van der Waals surface area contributed by atoms with E-state index in [1.807, 2.05) is 0 Å². The van der Waals surface area contributed by atoms with Gasteiger partial charge in [0.2, 0.25) is 5.91 Å². The summed E-state index contributed by atoms with van der Waals surface area (Å²) in [5.41, 5.74) is -2.41. The van der Waals surface area contributed by atoms with E-state index in [4.69, 9.17) is 4.74 Å². The van der Waals surface area contributed by atoms with E-state index in [1.54, 1.807) is 0 Å². The quantitative estimate of drug-likeness (QED) is 0.687. The summed E-state index contributed by atoms with van der Waals surface area (Å²) in [5, 5.41) is 7.78. The third-order valence-corrected chi connectivity index (χ3v) is 5.49. The molecule has 1 aromatic carbocycles. The smallest absolute Gasteiger partial charge is 0.376 e. The predicted molar refractivity (Wildman–Crippen MR) is 101 cm³/mol. The van der Waals surface area contributed by atoms with Crippen LogP contribution in [0, 0.1) is 0 Å². The summed E-state index contributed by atoms with van der Waals surface area (Å²) < 4.78 is 45.0. The normalized spacial score (nSPS) is 21.4. The van der Waals surface area contributed by atoms with Crippen LogP contribution in [0.2, 0.25) is 0 Å². The van der Waals surface area contributed by atoms with Crippen LogP contribution >= 0.6 is 0 Å². The molecule has 2 aliphatic rings. The van der Waals surface area contributed by atoms with Crippen molar-refractivity contribution < 1.29 is 27.5 Å². The largest absolute Gasteiger partial charge is 0.418 e. The molecule has 2 fully saturated rings. The highest BCUT2D eigenvalue weighted by atomic mass is 19.4. The number of urea groups is 1. The van der Waals surface area contributed by atoms with E-state index in [9.17, 15) is 22.8 Å². The van der Waals surface area contributed by atoms with Crippen LogP contribution in [0.15, 0.2) is 24.3 Å². The lowest BCUT2D eigenvalue weighted by atomic mass is 9.81. The van der Waals surface area contributed by atoms with Gasteiger partial charge in [0.1, 0.15) is 5.54 Å². The number of carbonyl (C=O) groups is 2. The summed E-state index contributed by atoms with van der Waals surface area (Å²) in [6.45, 7) is 1.03. The first-order chi connectivity index (χ1) is 13.8. The lowest BCUT2D eigenvalue weighted by Gasteiger charge is -2.36. The van der Waals surface area contributed by atoms with Crippen molar-refractivity contribution >= 4 is 17.6 Å². The van der Waals surface area contributed by atoms with Gasteiger partial charge in [0.25, 0.3) is 0 Å². The predicted octanol–water partition coefficient (Wildman–Crippen LogP) is 3.83. The number of anilines is 1. The van der Waals surface area contributed by atoms with Crippen LogP contribution in [0.3, 0.4) is 0 Å². The average molecular weight is 413 g/mol. The van der Waals surface area contributed by atoms with Crippen molar-refractivity contribution in [1.82, 2.24) is 10.6 Å². The molecule has 1 aromatic rings.